The summed E-state index contributed by atoms with van der Waals surface area (Å²) < 4.78 is 7.18. The predicted octanol–water partition coefficient (Wildman–Crippen LogP) is 1.42. The standard InChI is InChI=1S/C12H17NO4/c1-3-6-13-7-4-10(14)12(9(13)2)17-8-5-11(15)16/h4,7H,3,5-6,8H2,1-2H3,(H,15,16). The van der Waals surface area contributed by atoms with Gasteiger partial charge in [-0.2, -0.15) is 0 Å². The van der Waals surface area contributed by atoms with E-state index in [1.54, 1.807) is 13.1 Å². The number of pyridine rings is 1. The maximum absolute atomic E-state index is 11.6. The van der Waals surface area contributed by atoms with Crippen LogP contribution in [0.5, 0.6) is 5.75 Å². The van der Waals surface area contributed by atoms with Crippen LogP contribution < -0.4 is 10.2 Å². The van der Waals surface area contributed by atoms with Crippen molar-refractivity contribution in [2.75, 3.05) is 6.61 Å². The van der Waals surface area contributed by atoms with Gasteiger partial charge in [0.2, 0.25) is 5.43 Å². The fourth-order valence-electron chi connectivity index (χ4n) is 1.55. The van der Waals surface area contributed by atoms with Crippen LogP contribution in [0.1, 0.15) is 25.5 Å². The highest BCUT2D eigenvalue weighted by Gasteiger charge is 2.08. The number of nitrogens with zero attached hydrogens (tertiary/aromatic N) is 1. The summed E-state index contributed by atoms with van der Waals surface area (Å²) in [5.74, 6) is -0.685. The van der Waals surface area contributed by atoms with E-state index in [-0.39, 0.29) is 24.2 Å². The molecule has 1 aromatic heterocycles. The molecule has 1 N–H and O–H groups in total. The van der Waals surface area contributed by atoms with Crippen molar-refractivity contribution in [2.24, 2.45) is 0 Å². The molecule has 0 amide bonds. The third-order valence-electron chi connectivity index (χ3n) is 2.42. The Bertz CT molecular complexity index is 450. The zero-order chi connectivity index (χ0) is 12.8. The van der Waals surface area contributed by atoms with Crippen molar-refractivity contribution in [3.8, 4) is 5.75 Å². The van der Waals surface area contributed by atoms with Gasteiger partial charge in [0.1, 0.15) is 0 Å². The molecule has 0 aliphatic carbocycles. The van der Waals surface area contributed by atoms with E-state index in [2.05, 4.69) is 0 Å². The van der Waals surface area contributed by atoms with Crippen LogP contribution in [-0.4, -0.2) is 22.2 Å². The maximum atomic E-state index is 11.6. The Hall–Kier alpha value is -1.78. The Kier molecular flexibility index (Phi) is 4.75. The summed E-state index contributed by atoms with van der Waals surface area (Å²) in [6, 6.07) is 1.44. The van der Waals surface area contributed by atoms with Crippen LogP contribution in [0.4, 0.5) is 0 Å². The third-order valence-corrected chi connectivity index (χ3v) is 2.42. The molecule has 0 aromatic carbocycles. The molecule has 0 aliphatic rings. The number of carbonyl (C=O) groups is 1. The average molecular weight is 239 g/mol. The SMILES string of the molecule is CCCn1ccc(=O)c(OCCC(=O)O)c1C. The molecule has 0 spiro atoms. The molecule has 0 bridgehead atoms. The second-order valence-electron chi connectivity index (χ2n) is 3.78. The van der Waals surface area contributed by atoms with Gasteiger partial charge in [0.05, 0.1) is 18.7 Å². The monoisotopic (exact) mass is 239 g/mol. The van der Waals surface area contributed by atoms with Gasteiger partial charge in [-0.05, 0) is 13.3 Å². The van der Waals surface area contributed by atoms with Gasteiger partial charge in [0.25, 0.3) is 0 Å². The van der Waals surface area contributed by atoms with Crippen LogP contribution in [0.15, 0.2) is 17.1 Å². The third kappa shape index (κ3) is 3.62. The topological polar surface area (TPSA) is 68.5 Å². The van der Waals surface area contributed by atoms with Crippen molar-refractivity contribution in [1.29, 1.82) is 0 Å². The Morgan fingerprint density at radius 3 is 2.82 bits per heavy atom. The van der Waals surface area contributed by atoms with Crippen LogP contribution in [0, 0.1) is 6.92 Å². The van der Waals surface area contributed by atoms with Crippen molar-refractivity contribution < 1.29 is 14.6 Å². The first-order chi connectivity index (χ1) is 8.06. The Balaban J connectivity index is 2.85. The summed E-state index contributed by atoms with van der Waals surface area (Å²) in [7, 11) is 0. The van der Waals surface area contributed by atoms with E-state index < -0.39 is 5.97 Å². The van der Waals surface area contributed by atoms with E-state index in [4.69, 9.17) is 9.84 Å². The van der Waals surface area contributed by atoms with Crippen LogP contribution in [0.3, 0.4) is 0 Å². The van der Waals surface area contributed by atoms with Crippen molar-refractivity contribution in [3.63, 3.8) is 0 Å². The molecular formula is C12H17NO4. The minimum absolute atomic E-state index is 0.0154. The molecule has 5 heteroatoms. The number of hydrogen-bond acceptors (Lipinski definition) is 3. The smallest absolute Gasteiger partial charge is 0.306 e. The average Bonchev–Trinajstić information content (AvgIpc) is 2.27. The number of hydrogen-bond donors (Lipinski definition) is 1. The molecule has 1 rings (SSSR count). The zero-order valence-electron chi connectivity index (χ0n) is 10.1. The molecule has 1 heterocycles. The molecule has 5 nitrogen and oxygen atoms in total. The zero-order valence-corrected chi connectivity index (χ0v) is 10.1. The highest BCUT2D eigenvalue weighted by Crippen LogP contribution is 2.12. The highest BCUT2D eigenvalue weighted by molar-refractivity contribution is 5.66. The Morgan fingerprint density at radius 2 is 2.24 bits per heavy atom. The lowest BCUT2D eigenvalue weighted by Crippen LogP contribution is -2.16. The molecule has 0 saturated heterocycles. The largest absolute Gasteiger partial charge is 0.487 e. The van der Waals surface area contributed by atoms with Crippen molar-refractivity contribution in [2.45, 2.75) is 33.2 Å². The minimum Gasteiger partial charge on any atom is -0.487 e. The number of carboxylic acids is 1. The molecule has 94 valence electrons. The van der Waals surface area contributed by atoms with Gasteiger partial charge < -0.3 is 14.4 Å². The molecular weight excluding hydrogens is 222 g/mol. The number of carboxylic acid groups (broad SMARTS) is 1. The van der Waals surface area contributed by atoms with Gasteiger partial charge in [0.15, 0.2) is 5.75 Å². The quantitative estimate of drug-likeness (QED) is 0.815. The van der Waals surface area contributed by atoms with Crippen LogP contribution in [0.2, 0.25) is 0 Å². The summed E-state index contributed by atoms with van der Waals surface area (Å²) in [5.41, 5.74) is 0.532. The van der Waals surface area contributed by atoms with E-state index in [9.17, 15) is 9.59 Å². The number of aliphatic carboxylic acids is 1. The van der Waals surface area contributed by atoms with E-state index in [0.717, 1.165) is 18.7 Å². The highest BCUT2D eigenvalue weighted by atomic mass is 16.5. The van der Waals surface area contributed by atoms with E-state index >= 15 is 0 Å². The predicted molar refractivity (Wildman–Crippen MR) is 63.5 cm³/mol. The Labute approximate surface area is 99.6 Å². The molecule has 0 saturated carbocycles. The summed E-state index contributed by atoms with van der Waals surface area (Å²) >= 11 is 0. The molecule has 0 fully saturated rings. The normalized spacial score (nSPS) is 10.2. The van der Waals surface area contributed by atoms with Crippen LogP contribution in [0.25, 0.3) is 0 Å². The minimum atomic E-state index is -0.938. The van der Waals surface area contributed by atoms with Gasteiger partial charge >= 0.3 is 5.97 Å². The van der Waals surface area contributed by atoms with Crippen LogP contribution in [-0.2, 0) is 11.3 Å². The van der Waals surface area contributed by atoms with E-state index in [1.165, 1.54) is 6.07 Å². The molecule has 0 atom stereocenters. The maximum Gasteiger partial charge on any atom is 0.306 e. The second-order valence-corrected chi connectivity index (χ2v) is 3.78. The molecule has 0 aliphatic heterocycles. The van der Waals surface area contributed by atoms with Gasteiger partial charge in [-0.3, -0.25) is 9.59 Å². The van der Waals surface area contributed by atoms with Gasteiger partial charge in [-0.15, -0.1) is 0 Å². The first-order valence-corrected chi connectivity index (χ1v) is 5.61. The molecule has 1 aromatic rings. The van der Waals surface area contributed by atoms with E-state index in [1.807, 2.05) is 11.5 Å². The molecule has 17 heavy (non-hydrogen) atoms. The lowest BCUT2D eigenvalue weighted by atomic mass is 10.3. The van der Waals surface area contributed by atoms with Crippen molar-refractivity contribution >= 4 is 5.97 Å². The lowest BCUT2D eigenvalue weighted by molar-refractivity contribution is -0.137. The Morgan fingerprint density at radius 1 is 1.53 bits per heavy atom. The fourth-order valence-corrected chi connectivity index (χ4v) is 1.55. The molecule has 0 unspecified atom stereocenters. The summed E-state index contributed by atoms with van der Waals surface area (Å²) in [4.78, 5) is 22.0. The summed E-state index contributed by atoms with van der Waals surface area (Å²) in [6.07, 6.45) is 2.57. The van der Waals surface area contributed by atoms with Gasteiger partial charge in [-0.1, -0.05) is 6.92 Å². The first-order valence-electron chi connectivity index (χ1n) is 5.61. The van der Waals surface area contributed by atoms with Crippen molar-refractivity contribution in [3.05, 3.63) is 28.2 Å². The summed E-state index contributed by atoms with van der Waals surface area (Å²) in [6.45, 7) is 4.67. The number of ether oxygens (including phenoxy) is 1. The first kappa shape index (κ1) is 13.3. The fraction of sp³-hybridized carbons (Fsp3) is 0.500. The molecule has 0 radical (unpaired) electrons. The number of rotatable bonds is 6. The number of aryl methyl sites for hydroxylation is 1. The van der Waals surface area contributed by atoms with Crippen LogP contribution >= 0.6 is 0 Å². The summed E-state index contributed by atoms with van der Waals surface area (Å²) in [5, 5.41) is 8.51. The number of aromatic nitrogens is 1. The van der Waals surface area contributed by atoms with Crippen molar-refractivity contribution in [1.82, 2.24) is 4.57 Å². The van der Waals surface area contributed by atoms with Gasteiger partial charge in [-0.25, -0.2) is 0 Å². The van der Waals surface area contributed by atoms with E-state index in [0.29, 0.717) is 0 Å². The lowest BCUT2D eigenvalue weighted by Gasteiger charge is -2.13. The van der Waals surface area contributed by atoms with Gasteiger partial charge in [0, 0.05) is 18.8 Å². The second kappa shape index (κ2) is 6.08.